The molecule has 2 aliphatic carbocycles. The van der Waals surface area contributed by atoms with Gasteiger partial charge in [0.15, 0.2) is 0 Å². The first kappa shape index (κ1) is 17.2. The molecule has 3 atom stereocenters. The van der Waals surface area contributed by atoms with E-state index in [9.17, 15) is 4.39 Å². The van der Waals surface area contributed by atoms with Crippen molar-refractivity contribution in [2.24, 2.45) is 10.9 Å². The van der Waals surface area contributed by atoms with Gasteiger partial charge in [-0.2, -0.15) is 0 Å². The molecule has 1 aromatic carbocycles. The van der Waals surface area contributed by atoms with E-state index in [0.29, 0.717) is 28.4 Å². The van der Waals surface area contributed by atoms with Gasteiger partial charge in [-0.3, -0.25) is 4.99 Å². The van der Waals surface area contributed by atoms with Gasteiger partial charge < -0.3 is 5.32 Å². The van der Waals surface area contributed by atoms with E-state index in [0.717, 1.165) is 12.3 Å². The number of thioether (sulfide) groups is 1. The van der Waals surface area contributed by atoms with E-state index in [1.165, 1.54) is 36.7 Å². The third kappa shape index (κ3) is 3.65. The summed E-state index contributed by atoms with van der Waals surface area (Å²) in [6.45, 7) is 0. The molecular formula is C20H22ClFN2S. The minimum Gasteiger partial charge on any atom is -0.368 e. The number of benzene rings is 1. The van der Waals surface area contributed by atoms with Crippen LogP contribution >= 0.6 is 23.4 Å². The Morgan fingerprint density at radius 3 is 3.00 bits per heavy atom. The second-order valence-corrected chi connectivity index (χ2v) is 8.35. The van der Waals surface area contributed by atoms with Gasteiger partial charge in [-0.25, -0.2) is 4.39 Å². The molecule has 4 rings (SSSR count). The molecule has 5 heteroatoms. The van der Waals surface area contributed by atoms with Crippen LogP contribution in [0.1, 0.15) is 37.7 Å². The third-order valence-corrected chi connectivity index (χ3v) is 6.80. The predicted octanol–water partition coefficient (Wildman–Crippen LogP) is 5.49. The maximum absolute atomic E-state index is 14.0. The molecule has 3 aliphatic rings. The van der Waals surface area contributed by atoms with Crippen molar-refractivity contribution in [1.82, 2.24) is 5.32 Å². The summed E-state index contributed by atoms with van der Waals surface area (Å²) in [6, 6.07) is 5.84. The summed E-state index contributed by atoms with van der Waals surface area (Å²) in [4.78, 5) is 6.23. The molecule has 3 unspecified atom stereocenters. The topological polar surface area (TPSA) is 24.4 Å². The summed E-state index contributed by atoms with van der Waals surface area (Å²) in [6.07, 6.45) is 12.4. The summed E-state index contributed by atoms with van der Waals surface area (Å²) < 4.78 is 14.0. The van der Waals surface area contributed by atoms with Gasteiger partial charge in [0, 0.05) is 22.4 Å². The highest BCUT2D eigenvalue weighted by Gasteiger charge is 2.34. The molecule has 1 aromatic rings. The number of fused-ring (bicyclic) bond motifs is 1. The molecule has 0 aromatic heterocycles. The fraction of sp³-hybridized carbons (Fsp3) is 0.450. The molecule has 0 saturated heterocycles. The number of nitrogens with one attached hydrogen (secondary N) is 1. The summed E-state index contributed by atoms with van der Waals surface area (Å²) in [5.74, 6) is 1.71. The minimum absolute atomic E-state index is 0.231. The fourth-order valence-corrected chi connectivity index (χ4v) is 5.36. The summed E-state index contributed by atoms with van der Waals surface area (Å²) >= 11 is 7.84. The van der Waals surface area contributed by atoms with E-state index >= 15 is 0 Å². The van der Waals surface area contributed by atoms with Crippen molar-refractivity contribution in [2.75, 3.05) is 0 Å². The monoisotopic (exact) mass is 376 g/mol. The smallest absolute Gasteiger partial charge is 0.128 e. The number of halogens is 2. The average molecular weight is 377 g/mol. The van der Waals surface area contributed by atoms with Gasteiger partial charge in [-0.15, -0.1) is 11.8 Å². The lowest BCUT2D eigenvalue weighted by molar-refractivity contribution is 0.384. The molecule has 0 amide bonds. The molecule has 132 valence electrons. The van der Waals surface area contributed by atoms with Gasteiger partial charge >= 0.3 is 0 Å². The lowest BCUT2D eigenvalue weighted by Gasteiger charge is -2.25. The molecule has 0 bridgehead atoms. The Bertz CT molecular complexity index is 723. The van der Waals surface area contributed by atoms with Crippen molar-refractivity contribution in [1.29, 1.82) is 0 Å². The van der Waals surface area contributed by atoms with Crippen LogP contribution in [0.25, 0.3) is 0 Å². The highest BCUT2D eigenvalue weighted by atomic mass is 35.5. The van der Waals surface area contributed by atoms with Gasteiger partial charge in [-0.05, 0) is 36.3 Å². The number of rotatable bonds is 4. The largest absolute Gasteiger partial charge is 0.368 e. The van der Waals surface area contributed by atoms with E-state index in [-0.39, 0.29) is 11.7 Å². The Labute approximate surface area is 157 Å². The first-order valence-corrected chi connectivity index (χ1v) is 10.4. The lowest BCUT2D eigenvalue weighted by atomic mass is 9.92. The van der Waals surface area contributed by atoms with E-state index in [4.69, 9.17) is 16.6 Å². The van der Waals surface area contributed by atoms with Crippen molar-refractivity contribution in [2.45, 2.75) is 49.9 Å². The van der Waals surface area contributed by atoms with Gasteiger partial charge in [0.1, 0.15) is 11.7 Å². The van der Waals surface area contributed by atoms with E-state index < -0.39 is 0 Å². The van der Waals surface area contributed by atoms with Crippen LogP contribution in [0, 0.1) is 11.7 Å². The Morgan fingerprint density at radius 2 is 2.16 bits per heavy atom. The first-order chi connectivity index (χ1) is 12.2. The third-order valence-electron chi connectivity index (χ3n) is 5.25. The molecule has 1 fully saturated rings. The predicted molar refractivity (Wildman–Crippen MR) is 105 cm³/mol. The minimum atomic E-state index is -0.231. The van der Waals surface area contributed by atoms with Crippen molar-refractivity contribution in [3.63, 3.8) is 0 Å². The Kier molecular flexibility index (Phi) is 5.18. The van der Waals surface area contributed by atoms with Crippen molar-refractivity contribution in [3.05, 3.63) is 57.7 Å². The van der Waals surface area contributed by atoms with Gasteiger partial charge in [0.25, 0.3) is 0 Å². The molecule has 1 heterocycles. The lowest BCUT2D eigenvalue weighted by Crippen LogP contribution is -2.39. The van der Waals surface area contributed by atoms with E-state index in [1.54, 1.807) is 23.9 Å². The molecule has 25 heavy (non-hydrogen) atoms. The normalized spacial score (nSPS) is 28.2. The summed E-state index contributed by atoms with van der Waals surface area (Å²) in [7, 11) is 0. The van der Waals surface area contributed by atoms with Crippen LogP contribution in [-0.2, 0) is 5.75 Å². The molecule has 0 spiro atoms. The van der Waals surface area contributed by atoms with Gasteiger partial charge in [0.2, 0.25) is 0 Å². The van der Waals surface area contributed by atoms with Crippen LogP contribution in [-0.4, -0.2) is 17.9 Å². The zero-order valence-electron chi connectivity index (χ0n) is 14.1. The Balaban J connectivity index is 1.48. The SMILES string of the molecule is Fc1cccc(Cl)c1CSC1=CC=CCC1C1=NC2CCCCC2N1. The van der Waals surface area contributed by atoms with Crippen LogP contribution < -0.4 is 5.32 Å². The average Bonchev–Trinajstić information content (AvgIpc) is 3.05. The molecule has 2 nitrogen and oxygen atoms in total. The number of allylic oxidation sites excluding steroid dienone is 3. The van der Waals surface area contributed by atoms with Gasteiger partial charge in [-0.1, -0.05) is 48.7 Å². The fourth-order valence-electron chi connectivity index (χ4n) is 3.86. The van der Waals surface area contributed by atoms with Crippen LogP contribution in [0.4, 0.5) is 4.39 Å². The van der Waals surface area contributed by atoms with Crippen molar-refractivity contribution >= 4 is 29.2 Å². The summed E-state index contributed by atoms with van der Waals surface area (Å²) in [5, 5.41) is 4.17. The van der Waals surface area contributed by atoms with Gasteiger partial charge in [0.05, 0.1) is 12.0 Å². The molecule has 1 saturated carbocycles. The maximum Gasteiger partial charge on any atom is 0.128 e. The molecule has 0 radical (unpaired) electrons. The van der Waals surface area contributed by atoms with Crippen molar-refractivity contribution in [3.8, 4) is 0 Å². The van der Waals surface area contributed by atoms with Crippen LogP contribution in [0.2, 0.25) is 5.02 Å². The maximum atomic E-state index is 14.0. The second-order valence-electron chi connectivity index (χ2n) is 6.89. The van der Waals surface area contributed by atoms with Crippen LogP contribution in [0.5, 0.6) is 0 Å². The number of amidine groups is 1. The van der Waals surface area contributed by atoms with Crippen LogP contribution in [0.3, 0.4) is 0 Å². The van der Waals surface area contributed by atoms with E-state index in [2.05, 4.69) is 23.5 Å². The highest BCUT2D eigenvalue weighted by molar-refractivity contribution is 8.02. The first-order valence-electron chi connectivity index (χ1n) is 8.99. The zero-order chi connectivity index (χ0) is 17.2. The summed E-state index contributed by atoms with van der Waals surface area (Å²) in [5.41, 5.74) is 0.582. The molecule has 1 N–H and O–H groups in total. The number of nitrogens with zero attached hydrogens (tertiary/aromatic N) is 1. The Morgan fingerprint density at radius 1 is 1.28 bits per heavy atom. The molecular weight excluding hydrogens is 355 g/mol. The van der Waals surface area contributed by atoms with Crippen LogP contribution in [0.15, 0.2) is 46.3 Å². The molecule has 1 aliphatic heterocycles. The number of aliphatic imine (C=N–C) groups is 1. The van der Waals surface area contributed by atoms with E-state index in [1.807, 2.05) is 0 Å². The number of hydrogen-bond donors (Lipinski definition) is 1. The Hall–Kier alpha value is -1.26. The number of hydrogen-bond acceptors (Lipinski definition) is 3. The zero-order valence-corrected chi connectivity index (χ0v) is 15.6. The standard InChI is InChI=1S/C20H22ClFN2S/c21-15-7-5-8-16(22)14(15)12-25-19-11-4-1-6-13(19)20-23-17-9-2-3-10-18(17)24-20/h1,4-5,7-8,11,13,17-18H,2-3,6,9-10,12H2,(H,23,24). The quantitative estimate of drug-likeness (QED) is 0.751. The highest BCUT2D eigenvalue weighted by Crippen LogP contribution is 2.37. The van der Waals surface area contributed by atoms with Crippen molar-refractivity contribution < 1.29 is 4.39 Å². The second kappa shape index (κ2) is 7.55.